The van der Waals surface area contributed by atoms with Crippen molar-refractivity contribution >= 4 is 45.4 Å². The molecule has 3 aromatic heterocycles. The molecule has 6 nitrogen and oxygen atoms in total. The maximum atomic E-state index is 6.77. The number of benzene rings is 6. The van der Waals surface area contributed by atoms with Crippen LogP contribution in [-0.2, 0) is 5.41 Å². The molecule has 0 radical (unpaired) electrons. The van der Waals surface area contributed by atoms with E-state index >= 15 is 0 Å². The van der Waals surface area contributed by atoms with Crippen LogP contribution in [0.2, 0.25) is 0 Å². The topological polar surface area (TPSA) is 54.9 Å². The van der Waals surface area contributed by atoms with Gasteiger partial charge >= 0.3 is 0 Å². The van der Waals surface area contributed by atoms with E-state index in [0.717, 1.165) is 78.5 Å². The Kier molecular flexibility index (Phi) is 6.67. The smallest absolute Gasteiger partial charge is 0.204 e. The molecule has 1 spiro atoms. The average Bonchev–Trinajstić information content (AvgIpc) is 4.02. The third-order valence-corrected chi connectivity index (χ3v) is 10.7. The maximum absolute atomic E-state index is 6.77. The molecule has 11 rings (SSSR count). The largest absolute Gasteiger partial charge is 0.457 e. The molecule has 1 aliphatic carbocycles. The summed E-state index contributed by atoms with van der Waals surface area (Å²) in [7, 11) is 0. The Bertz CT molecular complexity index is 2770. The van der Waals surface area contributed by atoms with Gasteiger partial charge in [-0.2, -0.15) is 0 Å². The van der Waals surface area contributed by atoms with Crippen molar-refractivity contribution in [3.8, 4) is 22.6 Å². The van der Waals surface area contributed by atoms with Crippen LogP contribution in [0.1, 0.15) is 22.3 Å². The number of pyridine rings is 1. The molecular weight excluding hydrogens is 667 g/mol. The molecule has 9 aromatic rings. The van der Waals surface area contributed by atoms with Crippen LogP contribution in [-0.4, -0.2) is 4.98 Å². The zero-order chi connectivity index (χ0) is 35.6. The minimum atomic E-state index is -0.835. The zero-order valence-corrected chi connectivity index (χ0v) is 29.0. The number of para-hydroxylation sites is 4. The lowest BCUT2D eigenvalue weighted by molar-refractivity contribution is 0.436. The molecule has 0 N–H and O–H groups in total. The van der Waals surface area contributed by atoms with E-state index in [-0.39, 0.29) is 0 Å². The number of hydrogen-bond donors (Lipinski definition) is 0. The van der Waals surface area contributed by atoms with Crippen molar-refractivity contribution in [3.05, 3.63) is 211 Å². The minimum absolute atomic E-state index is 0.706. The second kappa shape index (κ2) is 11.9. The maximum Gasteiger partial charge on any atom is 0.204 e. The van der Waals surface area contributed by atoms with Crippen LogP contribution in [0.3, 0.4) is 0 Å². The summed E-state index contributed by atoms with van der Waals surface area (Å²) in [6.45, 7) is 0. The highest BCUT2D eigenvalue weighted by atomic mass is 16.5. The Morgan fingerprint density at radius 1 is 0.481 bits per heavy atom. The molecule has 0 unspecified atom stereocenters. The zero-order valence-electron chi connectivity index (χ0n) is 29.0. The van der Waals surface area contributed by atoms with Gasteiger partial charge in [0.15, 0.2) is 0 Å². The number of hydrogen-bond acceptors (Lipinski definition) is 6. The highest BCUT2D eigenvalue weighted by molar-refractivity contribution is 6.10. The third kappa shape index (κ3) is 4.25. The highest BCUT2D eigenvalue weighted by Gasteiger charge is 2.54. The lowest BCUT2D eigenvalue weighted by atomic mass is 9.65. The fraction of sp³-hybridized carbons (Fsp3) is 0.0208. The van der Waals surface area contributed by atoms with Crippen molar-refractivity contribution in [2.24, 2.45) is 0 Å². The Hall–Kier alpha value is -7.31. The molecule has 1 aliphatic heterocycles. The molecule has 6 aromatic carbocycles. The van der Waals surface area contributed by atoms with Crippen LogP contribution < -0.4 is 14.5 Å². The first-order valence-corrected chi connectivity index (χ1v) is 18.0. The Morgan fingerprint density at radius 3 is 1.69 bits per heavy atom. The molecule has 0 bridgehead atoms. The predicted octanol–water partition coefficient (Wildman–Crippen LogP) is 12.8. The van der Waals surface area contributed by atoms with Crippen molar-refractivity contribution in [2.45, 2.75) is 5.41 Å². The molecule has 6 heteroatoms. The predicted molar refractivity (Wildman–Crippen MR) is 213 cm³/mol. The van der Waals surface area contributed by atoms with E-state index in [4.69, 9.17) is 18.6 Å². The van der Waals surface area contributed by atoms with Gasteiger partial charge in [-0.25, -0.2) is 0 Å². The average molecular weight is 698 g/mol. The van der Waals surface area contributed by atoms with E-state index in [1.54, 1.807) is 12.5 Å². The number of rotatable bonds is 6. The van der Waals surface area contributed by atoms with Crippen LogP contribution in [0.25, 0.3) is 22.0 Å². The standard InChI is InChI=1S/C48H31N3O3/c1-3-15-32(16-4-1)50(43-26-13-29-52-43)39-23-11-19-35-45-38(48(46(35)39)36-21-7-9-24-41(36)54-42-25-10-8-22-37(42)48)31-40(34-20-12-28-49-47(34)45)51(44-27-14-30-53-44)33-17-5-2-6-18-33/h1-31H. The summed E-state index contributed by atoms with van der Waals surface area (Å²) in [6, 6.07) is 58.7. The molecule has 4 heterocycles. The molecule has 0 atom stereocenters. The minimum Gasteiger partial charge on any atom is -0.457 e. The molecule has 0 fully saturated rings. The van der Waals surface area contributed by atoms with Gasteiger partial charge in [0.05, 0.1) is 34.8 Å². The highest BCUT2D eigenvalue weighted by Crippen LogP contribution is 2.66. The molecule has 0 amide bonds. The van der Waals surface area contributed by atoms with Gasteiger partial charge < -0.3 is 13.6 Å². The third-order valence-electron chi connectivity index (χ3n) is 10.7. The second-order valence-corrected chi connectivity index (χ2v) is 13.5. The number of nitrogens with zero attached hydrogens (tertiary/aromatic N) is 3. The van der Waals surface area contributed by atoms with Crippen molar-refractivity contribution < 1.29 is 13.6 Å². The van der Waals surface area contributed by atoms with Crippen molar-refractivity contribution in [3.63, 3.8) is 0 Å². The van der Waals surface area contributed by atoms with Gasteiger partial charge in [-0.3, -0.25) is 14.8 Å². The summed E-state index contributed by atoms with van der Waals surface area (Å²) in [5, 5.41) is 1.00. The quantitative estimate of drug-likeness (QED) is 0.172. The van der Waals surface area contributed by atoms with Gasteiger partial charge in [-0.1, -0.05) is 84.9 Å². The number of anilines is 6. The van der Waals surface area contributed by atoms with Crippen LogP contribution in [0.15, 0.2) is 197 Å². The van der Waals surface area contributed by atoms with Crippen LogP contribution in [0, 0.1) is 0 Å². The van der Waals surface area contributed by atoms with Gasteiger partial charge in [-0.15, -0.1) is 0 Å². The van der Waals surface area contributed by atoms with E-state index in [9.17, 15) is 0 Å². The summed E-state index contributed by atoms with van der Waals surface area (Å²) in [5.41, 5.74) is 10.5. The van der Waals surface area contributed by atoms with E-state index in [1.807, 2.05) is 60.8 Å². The number of ether oxygens (including phenoxy) is 1. The Morgan fingerprint density at radius 2 is 1.07 bits per heavy atom. The summed E-state index contributed by atoms with van der Waals surface area (Å²) in [5.74, 6) is 3.04. The second-order valence-electron chi connectivity index (χ2n) is 13.5. The summed E-state index contributed by atoms with van der Waals surface area (Å²) >= 11 is 0. The SMILES string of the molecule is c1ccc(N(c2ccco2)c2cccc3c2C2(c4ccccc4Oc4ccccc42)c2cc(N(c4ccccc4)c4ccco4)c4cccnc4c2-3)cc1. The van der Waals surface area contributed by atoms with Crippen LogP contribution >= 0.6 is 0 Å². The first-order valence-electron chi connectivity index (χ1n) is 18.0. The molecule has 54 heavy (non-hydrogen) atoms. The van der Waals surface area contributed by atoms with Crippen molar-refractivity contribution in [1.29, 1.82) is 0 Å². The Labute approximate surface area is 311 Å². The molecule has 0 saturated heterocycles. The molecule has 256 valence electrons. The van der Waals surface area contributed by atoms with E-state index in [2.05, 4.69) is 125 Å². The van der Waals surface area contributed by atoms with E-state index in [0.29, 0.717) is 11.8 Å². The molecular formula is C48H31N3O3. The van der Waals surface area contributed by atoms with Crippen molar-refractivity contribution in [1.82, 2.24) is 4.98 Å². The monoisotopic (exact) mass is 697 g/mol. The van der Waals surface area contributed by atoms with Gasteiger partial charge in [0.2, 0.25) is 11.8 Å². The van der Waals surface area contributed by atoms with Crippen molar-refractivity contribution in [2.75, 3.05) is 9.80 Å². The van der Waals surface area contributed by atoms with Gasteiger partial charge in [0.25, 0.3) is 0 Å². The van der Waals surface area contributed by atoms with E-state index < -0.39 is 5.41 Å². The van der Waals surface area contributed by atoms with Gasteiger partial charge in [0, 0.05) is 57.3 Å². The first-order chi connectivity index (χ1) is 26.8. The van der Waals surface area contributed by atoms with Crippen LogP contribution in [0.5, 0.6) is 11.5 Å². The summed E-state index contributed by atoms with van der Waals surface area (Å²) in [4.78, 5) is 9.64. The van der Waals surface area contributed by atoms with Gasteiger partial charge in [0.1, 0.15) is 11.5 Å². The first kappa shape index (κ1) is 30.3. The lowest BCUT2D eigenvalue weighted by Crippen LogP contribution is -2.33. The fourth-order valence-corrected chi connectivity index (χ4v) is 8.71. The molecule has 0 saturated carbocycles. The summed E-state index contributed by atoms with van der Waals surface area (Å²) in [6.07, 6.45) is 5.35. The molecule has 2 aliphatic rings. The lowest BCUT2D eigenvalue weighted by Gasteiger charge is -2.41. The fourth-order valence-electron chi connectivity index (χ4n) is 8.71. The van der Waals surface area contributed by atoms with Crippen LogP contribution in [0.4, 0.5) is 34.5 Å². The van der Waals surface area contributed by atoms with Gasteiger partial charge in [-0.05, 0) is 83.9 Å². The normalized spacial score (nSPS) is 13.1. The number of aromatic nitrogens is 1. The van der Waals surface area contributed by atoms with E-state index in [1.165, 1.54) is 0 Å². The number of fused-ring (bicyclic) bond motifs is 11. The Balaban J connectivity index is 1.33. The number of furan rings is 2. The summed E-state index contributed by atoms with van der Waals surface area (Å²) < 4.78 is 19.2.